The molecule has 162 valence electrons. The summed E-state index contributed by atoms with van der Waals surface area (Å²) in [7, 11) is 0. The highest BCUT2D eigenvalue weighted by Crippen LogP contribution is 2.46. The summed E-state index contributed by atoms with van der Waals surface area (Å²) in [4.78, 5) is 26.3. The van der Waals surface area contributed by atoms with E-state index in [1.807, 2.05) is 30.3 Å². The van der Waals surface area contributed by atoms with Gasteiger partial charge in [0.15, 0.2) is 5.78 Å². The highest BCUT2D eigenvalue weighted by molar-refractivity contribution is 6.30. The molecule has 0 saturated carbocycles. The Balaban J connectivity index is 1.58. The van der Waals surface area contributed by atoms with E-state index in [9.17, 15) is 9.59 Å². The van der Waals surface area contributed by atoms with Gasteiger partial charge in [0.1, 0.15) is 17.4 Å². The number of hydrogen-bond acceptors (Lipinski definition) is 4. The van der Waals surface area contributed by atoms with E-state index >= 15 is 0 Å². The quantitative estimate of drug-likeness (QED) is 0.561. The molecule has 5 rings (SSSR count). The van der Waals surface area contributed by atoms with Gasteiger partial charge >= 0.3 is 0 Å². The van der Waals surface area contributed by atoms with Crippen molar-refractivity contribution in [3.63, 3.8) is 0 Å². The van der Waals surface area contributed by atoms with E-state index in [2.05, 4.69) is 29.6 Å². The predicted octanol–water partition coefficient (Wildman–Crippen LogP) is 5.45. The molecule has 1 atom stereocenters. The Kier molecular flexibility index (Phi) is 4.90. The van der Waals surface area contributed by atoms with Crippen molar-refractivity contribution in [2.45, 2.75) is 32.7 Å². The number of amides is 1. The Morgan fingerprint density at radius 2 is 1.84 bits per heavy atom. The van der Waals surface area contributed by atoms with Gasteiger partial charge in [0, 0.05) is 28.4 Å². The van der Waals surface area contributed by atoms with Crippen molar-refractivity contribution in [2.24, 2.45) is 5.41 Å². The fourth-order valence-electron chi connectivity index (χ4n) is 4.55. The first kappa shape index (κ1) is 20.5. The molecule has 1 unspecified atom stereocenters. The van der Waals surface area contributed by atoms with Crippen LogP contribution in [0.4, 0.5) is 11.5 Å². The first-order valence-electron chi connectivity index (χ1n) is 10.5. The molecule has 32 heavy (non-hydrogen) atoms. The van der Waals surface area contributed by atoms with Gasteiger partial charge in [-0.2, -0.15) is 5.10 Å². The van der Waals surface area contributed by atoms with Crippen molar-refractivity contribution < 1.29 is 9.59 Å². The second kappa shape index (κ2) is 7.64. The van der Waals surface area contributed by atoms with E-state index in [4.69, 9.17) is 11.6 Å². The summed E-state index contributed by atoms with van der Waals surface area (Å²) in [6.45, 7) is 4.18. The zero-order valence-corrected chi connectivity index (χ0v) is 18.6. The lowest BCUT2D eigenvalue weighted by molar-refractivity contribution is -0.118. The Morgan fingerprint density at radius 1 is 1.12 bits per heavy atom. The number of halogens is 1. The molecule has 2 aliphatic rings. The summed E-state index contributed by atoms with van der Waals surface area (Å²) < 4.78 is 1.75. The van der Waals surface area contributed by atoms with Crippen molar-refractivity contribution >= 4 is 34.8 Å². The van der Waals surface area contributed by atoms with E-state index in [1.165, 1.54) is 0 Å². The number of Topliss-reactive ketones (excluding diaryl/α,β-unsaturated/α-hetero) is 1. The minimum absolute atomic E-state index is 0.117. The van der Waals surface area contributed by atoms with Gasteiger partial charge in [0.05, 0.1) is 6.20 Å². The molecular weight excluding hydrogens is 424 g/mol. The van der Waals surface area contributed by atoms with Crippen molar-refractivity contribution in [1.82, 2.24) is 9.78 Å². The SMILES string of the molecule is CC1(C)CC(=O)C2=C(C1)Nc1c(C(=O)Nc3ccc(Cl)cc3)cnn1C2c1ccccc1. The smallest absolute Gasteiger partial charge is 0.261 e. The van der Waals surface area contributed by atoms with Gasteiger partial charge in [0.2, 0.25) is 0 Å². The number of fused-ring (bicyclic) bond motifs is 1. The number of allylic oxidation sites excluding steroid dienone is 2. The molecule has 0 bridgehead atoms. The van der Waals surface area contributed by atoms with Crippen LogP contribution in [0.2, 0.25) is 5.02 Å². The summed E-state index contributed by atoms with van der Waals surface area (Å²) in [5, 5.41) is 11.4. The Hall–Kier alpha value is -3.38. The summed E-state index contributed by atoms with van der Waals surface area (Å²) >= 11 is 5.95. The maximum atomic E-state index is 13.2. The van der Waals surface area contributed by atoms with Gasteiger partial charge in [-0.3, -0.25) is 9.59 Å². The second-order valence-electron chi connectivity index (χ2n) is 9.08. The normalized spacial score (nSPS) is 19.1. The zero-order chi connectivity index (χ0) is 22.5. The molecule has 0 saturated heterocycles. The molecule has 1 aliphatic heterocycles. The van der Waals surface area contributed by atoms with Crippen molar-refractivity contribution in [1.29, 1.82) is 0 Å². The minimum atomic E-state index is -0.372. The highest BCUT2D eigenvalue weighted by Gasteiger charge is 2.42. The largest absolute Gasteiger partial charge is 0.343 e. The summed E-state index contributed by atoms with van der Waals surface area (Å²) in [5.41, 5.74) is 3.47. The van der Waals surface area contributed by atoms with E-state index < -0.39 is 0 Å². The third kappa shape index (κ3) is 3.60. The van der Waals surface area contributed by atoms with Gasteiger partial charge in [-0.1, -0.05) is 55.8 Å². The number of nitrogens with zero attached hydrogens (tertiary/aromatic N) is 2. The van der Waals surface area contributed by atoms with Crippen LogP contribution < -0.4 is 10.6 Å². The average molecular weight is 447 g/mol. The molecule has 1 aliphatic carbocycles. The molecule has 0 fully saturated rings. The van der Waals surface area contributed by atoms with Crippen molar-refractivity contribution in [3.05, 3.63) is 88.2 Å². The fourth-order valence-corrected chi connectivity index (χ4v) is 4.68. The zero-order valence-electron chi connectivity index (χ0n) is 17.9. The van der Waals surface area contributed by atoms with Crippen LogP contribution in [-0.4, -0.2) is 21.5 Å². The highest BCUT2D eigenvalue weighted by atomic mass is 35.5. The number of carbonyl (C=O) groups excluding carboxylic acids is 2. The Morgan fingerprint density at radius 3 is 2.56 bits per heavy atom. The molecule has 2 heterocycles. The molecule has 3 aromatic rings. The van der Waals surface area contributed by atoms with E-state index in [-0.39, 0.29) is 23.1 Å². The lowest BCUT2D eigenvalue weighted by Gasteiger charge is -2.39. The number of benzene rings is 2. The minimum Gasteiger partial charge on any atom is -0.343 e. The van der Waals surface area contributed by atoms with Gasteiger partial charge in [-0.05, 0) is 41.7 Å². The van der Waals surface area contributed by atoms with Crippen LogP contribution in [0.3, 0.4) is 0 Å². The third-order valence-corrected chi connectivity index (χ3v) is 6.22. The van der Waals surface area contributed by atoms with Gasteiger partial charge < -0.3 is 10.6 Å². The van der Waals surface area contributed by atoms with Crippen molar-refractivity contribution in [3.8, 4) is 0 Å². The first-order chi connectivity index (χ1) is 15.3. The van der Waals surface area contributed by atoms with Gasteiger partial charge in [-0.15, -0.1) is 0 Å². The standard InChI is InChI=1S/C25H23ClN4O2/c1-25(2)12-19-21(20(31)13-25)22(15-6-4-3-5-7-15)30-23(29-19)18(14-27-30)24(32)28-17-10-8-16(26)9-11-17/h3-11,14,22,29H,12-13H2,1-2H3,(H,28,32). The molecule has 2 aromatic carbocycles. The van der Waals surface area contributed by atoms with Crippen LogP contribution in [-0.2, 0) is 4.79 Å². The maximum Gasteiger partial charge on any atom is 0.261 e. The number of nitrogens with one attached hydrogen (secondary N) is 2. The maximum absolute atomic E-state index is 13.2. The summed E-state index contributed by atoms with van der Waals surface area (Å²) in [6, 6.07) is 16.4. The van der Waals surface area contributed by atoms with E-state index in [0.29, 0.717) is 28.5 Å². The fraction of sp³-hybridized carbons (Fsp3) is 0.240. The predicted molar refractivity (Wildman–Crippen MR) is 125 cm³/mol. The number of rotatable bonds is 3. The molecule has 6 nitrogen and oxygen atoms in total. The van der Waals surface area contributed by atoms with E-state index in [1.54, 1.807) is 35.1 Å². The van der Waals surface area contributed by atoms with Crippen LogP contribution in [0.25, 0.3) is 0 Å². The number of ketones is 1. The van der Waals surface area contributed by atoms with Gasteiger partial charge in [-0.25, -0.2) is 4.68 Å². The van der Waals surface area contributed by atoms with Gasteiger partial charge in [0.25, 0.3) is 5.91 Å². The molecule has 1 aromatic heterocycles. The van der Waals surface area contributed by atoms with Crippen LogP contribution in [0.5, 0.6) is 0 Å². The van der Waals surface area contributed by atoms with Crippen LogP contribution >= 0.6 is 11.6 Å². The average Bonchev–Trinajstić information content (AvgIpc) is 3.17. The number of hydrogen-bond donors (Lipinski definition) is 2. The molecular formula is C25H23ClN4O2. The number of aromatic nitrogens is 2. The van der Waals surface area contributed by atoms with E-state index in [0.717, 1.165) is 23.3 Å². The molecule has 0 spiro atoms. The Labute approximate surface area is 191 Å². The second-order valence-corrected chi connectivity index (χ2v) is 9.52. The summed E-state index contributed by atoms with van der Waals surface area (Å²) in [5.74, 6) is 0.429. The topological polar surface area (TPSA) is 76.0 Å². The first-order valence-corrected chi connectivity index (χ1v) is 10.9. The monoisotopic (exact) mass is 446 g/mol. The molecule has 0 radical (unpaired) electrons. The van der Waals surface area contributed by atoms with Crippen molar-refractivity contribution in [2.75, 3.05) is 10.6 Å². The summed E-state index contributed by atoms with van der Waals surface area (Å²) in [6.07, 6.45) is 2.76. The lowest BCUT2D eigenvalue weighted by Crippen LogP contribution is -2.36. The van der Waals surface area contributed by atoms with Crippen LogP contribution in [0, 0.1) is 5.41 Å². The van der Waals surface area contributed by atoms with Crippen LogP contribution in [0.15, 0.2) is 72.1 Å². The molecule has 1 amide bonds. The number of anilines is 2. The lowest BCUT2D eigenvalue weighted by atomic mass is 9.73. The van der Waals surface area contributed by atoms with Crippen LogP contribution in [0.1, 0.15) is 48.7 Å². The third-order valence-electron chi connectivity index (χ3n) is 5.96. The molecule has 7 heteroatoms. The Bertz CT molecular complexity index is 1240. The molecule has 2 N–H and O–H groups in total. The number of carbonyl (C=O) groups is 2.